The van der Waals surface area contributed by atoms with Gasteiger partial charge in [0.15, 0.2) is 0 Å². The molecule has 1 unspecified atom stereocenters. The molecule has 0 radical (unpaired) electrons. The van der Waals surface area contributed by atoms with Crippen LogP contribution in [-0.2, 0) is 6.42 Å². The molecule has 0 bridgehead atoms. The van der Waals surface area contributed by atoms with E-state index in [-0.39, 0.29) is 11.1 Å². The van der Waals surface area contributed by atoms with Crippen molar-refractivity contribution in [3.05, 3.63) is 86.5 Å². The van der Waals surface area contributed by atoms with Crippen molar-refractivity contribution in [3.63, 3.8) is 0 Å². The van der Waals surface area contributed by atoms with Gasteiger partial charge in [0.05, 0.1) is 28.5 Å². The van der Waals surface area contributed by atoms with Crippen LogP contribution in [0.4, 0.5) is 10.3 Å². The third-order valence-corrected chi connectivity index (χ3v) is 5.95. The molecule has 1 aliphatic rings. The topological polar surface area (TPSA) is 44.8 Å². The molecule has 1 atom stereocenters. The fourth-order valence-electron chi connectivity index (χ4n) is 3.95. The number of anilines is 1. The van der Waals surface area contributed by atoms with Gasteiger partial charge in [-0.2, -0.15) is 0 Å². The minimum atomic E-state index is -0.446. The second-order valence-electron chi connectivity index (χ2n) is 6.93. The van der Waals surface area contributed by atoms with E-state index < -0.39 is 5.82 Å². The number of aromatic amines is 1. The SMILES string of the molecule is Fc1cc2[nH]c3c(c2cc1Cl)CCN(c1ncc(Cl)cn1)C3c1ccc(Cl)cc1. The van der Waals surface area contributed by atoms with Crippen molar-refractivity contribution >= 4 is 51.7 Å². The summed E-state index contributed by atoms with van der Waals surface area (Å²) in [6.45, 7) is 0.684. The number of nitrogens with zero attached hydrogens (tertiary/aromatic N) is 3. The maximum Gasteiger partial charge on any atom is 0.226 e. The van der Waals surface area contributed by atoms with Gasteiger partial charge in [0, 0.05) is 28.2 Å². The minimum absolute atomic E-state index is 0.116. The van der Waals surface area contributed by atoms with Crippen LogP contribution in [0.25, 0.3) is 10.9 Å². The number of benzene rings is 2. The van der Waals surface area contributed by atoms with E-state index in [0.717, 1.165) is 34.1 Å². The first-order valence-electron chi connectivity index (χ1n) is 9.00. The average Bonchev–Trinajstić information content (AvgIpc) is 3.06. The largest absolute Gasteiger partial charge is 0.356 e. The first kappa shape index (κ1) is 18.7. The summed E-state index contributed by atoms with van der Waals surface area (Å²) in [4.78, 5) is 14.3. The number of nitrogens with one attached hydrogen (secondary N) is 1. The van der Waals surface area contributed by atoms with Crippen LogP contribution in [0, 0.1) is 5.82 Å². The zero-order chi connectivity index (χ0) is 20.1. The molecule has 0 spiro atoms. The van der Waals surface area contributed by atoms with Gasteiger partial charge in [0.25, 0.3) is 0 Å². The number of fused-ring (bicyclic) bond motifs is 3. The normalized spacial score (nSPS) is 16.3. The Bertz CT molecular complexity index is 1210. The summed E-state index contributed by atoms with van der Waals surface area (Å²) in [6, 6.07) is 10.6. The van der Waals surface area contributed by atoms with Crippen molar-refractivity contribution in [2.24, 2.45) is 0 Å². The van der Waals surface area contributed by atoms with E-state index in [1.807, 2.05) is 24.3 Å². The molecule has 2 aromatic carbocycles. The van der Waals surface area contributed by atoms with Gasteiger partial charge in [0.1, 0.15) is 5.82 Å². The molecular formula is C21H14Cl3FN4. The monoisotopic (exact) mass is 446 g/mol. The quantitative estimate of drug-likeness (QED) is 0.397. The van der Waals surface area contributed by atoms with Crippen molar-refractivity contribution < 1.29 is 4.39 Å². The number of halogens is 4. The Morgan fingerprint density at radius 3 is 2.45 bits per heavy atom. The van der Waals surface area contributed by atoms with Crippen LogP contribution in [-0.4, -0.2) is 21.5 Å². The van der Waals surface area contributed by atoms with Gasteiger partial charge in [-0.3, -0.25) is 0 Å². The maximum atomic E-state index is 14.0. The molecule has 4 aromatic rings. The predicted molar refractivity (Wildman–Crippen MR) is 115 cm³/mol. The van der Waals surface area contributed by atoms with Gasteiger partial charge in [-0.1, -0.05) is 46.9 Å². The van der Waals surface area contributed by atoms with Gasteiger partial charge in [-0.05, 0) is 41.8 Å². The number of hydrogen-bond donors (Lipinski definition) is 1. The molecule has 2 aromatic heterocycles. The van der Waals surface area contributed by atoms with E-state index in [1.165, 1.54) is 6.07 Å². The van der Waals surface area contributed by atoms with Gasteiger partial charge in [-0.15, -0.1) is 0 Å². The lowest BCUT2D eigenvalue weighted by molar-refractivity contribution is 0.626. The van der Waals surface area contributed by atoms with E-state index in [1.54, 1.807) is 18.5 Å². The van der Waals surface area contributed by atoms with Crippen LogP contribution in [0.15, 0.2) is 48.8 Å². The summed E-state index contributed by atoms with van der Waals surface area (Å²) >= 11 is 18.1. The van der Waals surface area contributed by atoms with Crippen molar-refractivity contribution in [2.45, 2.75) is 12.5 Å². The van der Waals surface area contributed by atoms with Gasteiger partial charge in [-0.25, -0.2) is 14.4 Å². The molecule has 29 heavy (non-hydrogen) atoms. The predicted octanol–water partition coefficient (Wildman–Crippen LogP) is 6.21. The van der Waals surface area contributed by atoms with Crippen molar-refractivity contribution in [1.82, 2.24) is 15.0 Å². The maximum absolute atomic E-state index is 14.0. The standard InChI is InChI=1S/C21H14Cl3FN4/c22-12-3-1-11(2-4-12)20-19-14(15-7-16(24)17(25)8-18(15)28-19)5-6-29(20)21-26-9-13(23)10-27-21/h1-4,7-10,20,28H,5-6H2. The highest BCUT2D eigenvalue weighted by molar-refractivity contribution is 6.31. The first-order valence-corrected chi connectivity index (χ1v) is 10.1. The smallest absolute Gasteiger partial charge is 0.226 e. The second kappa shape index (κ2) is 7.17. The summed E-state index contributed by atoms with van der Waals surface area (Å²) < 4.78 is 14.0. The highest BCUT2D eigenvalue weighted by Gasteiger charge is 2.33. The fourth-order valence-corrected chi connectivity index (χ4v) is 4.33. The van der Waals surface area contributed by atoms with E-state index >= 15 is 0 Å². The van der Waals surface area contributed by atoms with Crippen LogP contribution in [0.2, 0.25) is 15.1 Å². The van der Waals surface area contributed by atoms with E-state index in [0.29, 0.717) is 22.5 Å². The molecule has 1 N–H and O–H groups in total. The molecule has 5 rings (SSSR count). The zero-order valence-corrected chi connectivity index (χ0v) is 17.2. The van der Waals surface area contributed by atoms with Gasteiger partial charge < -0.3 is 9.88 Å². The van der Waals surface area contributed by atoms with Crippen LogP contribution in [0.3, 0.4) is 0 Å². The summed E-state index contributed by atoms with van der Waals surface area (Å²) in [5.41, 5.74) is 3.82. The summed E-state index contributed by atoms with van der Waals surface area (Å²) in [6.07, 6.45) is 3.91. The van der Waals surface area contributed by atoms with Crippen LogP contribution < -0.4 is 4.90 Å². The lowest BCUT2D eigenvalue weighted by Crippen LogP contribution is -2.37. The molecule has 0 saturated heterocycles. The van der Waals surface area contributed by atoms with E-state index in [9.17, 15) is 4.39 Å². The molecule has 8 heteroatoms. The molecular weight excluding hydrogens is 434 g/mol. The molecule has 4 nitrogen and oxygen atoms in total. The number of hydrogen-bond acceptors (Lipinski definition) is 3. The lowest BCUT2D eigenvalue weighted by Gasteiger charge is -2.36. The summed E-state index contributed by atoms with van der Waals surface area (Å²) in [7, 11) is 0. The summed E-state index contributed by atoms with van der Waals surface area (Å²) in [5.74, 6) is 0.126. The molecule has 1 aliphatic heterocycles. The molecule has 0 aliphatic carbocycles. The summed E-state index contributed by atoms with van der Waals surface area (Å²) in [5, 5.41) is 2.18. The Morgan fingerprint density at radius 1 is 1.00 bits per heavy atom. The second-order valence-corrected chi connectivity index (χ2v) is 8.21. The molecule has 0 saturated carbocycles. The Hall–Kier alpha value is -2.34. The van der Waals surface area contributed by atoms with Crippen LogP contribution in [0.5, 0.6) is 0 Å². The fraction of sp³-hybridized carbons (Fsp3) is 0.143. The Morgan fingerprint density at radius 2 is 1.72 bits per heavy atom. The Balaban J connectivity index is 1.71. The number of aromatic nitrogens is 3. The third-order valence-electron chi connectivity index (χ3n) is 5.22. The van der Waals surface area contributed by atoms with Gasteiger partial charge >= 0.3 is 0 Å². The Kier molecular flexibility index (Phi) is 4.62. The molecule has 3 heterocycles. The highest BCUT2D eigenvalue weighted by atomic mass is 35.5. The number of H-pyrrole nitrogens is 1. The van der Waals surface area contributed by atoms with Crippen LogP contribution >= 0.6 is 34.8 Å². The third kappa shape index (κ3) is 3.23. The molecule has 0 fully saturated rings. The molecule has 0 amide bonds. The van der Waals surface area contributed by atoms with E-state index in [4.69, 9.17) is 34.8 Å². The molecule has 146 valence electrons. The average molecular weight is 448 g/mol. The van der Waals surface area contributed by atoms with Gasteiger partial charge in [0.2, 0.25) is 5.95 Å². The van der Waals surface area contributed by atoms with Crippen molar-refractivity contribution in [2.75, 3.05) is 11.4 Å². The van der Waals surface area contributed by atoms with E-state index in [2.05, 4.69) is 19.9 Å². The number of rotatable bonds is 2. The lowest BCUT2D eigenvalue weighted by atomic mass is 9.92. The highest BCUT2D eigenvalue weighted by Crippen LogP contribution is 2.41. The Labute approximate surface area is 181 Å². The first-order chi connectivity index (χ1) is 14.0. The van der Waals surface area contributed by atoms with Crippen molar-refractivity contribution in [1.29, 1.82) is 0 Å². The minimum Gasteiger partial charge on any atom is -0.356 e. The zero-order valence-electron chi connectivity index (χ0n) is 15.0. The van der Waals surface area contributed by atoms with Crippen molar-refractivity contribution in [3.8, 4) is 0 Å². The van der Waals surface area contributed by atoms with Crippen LogP contribution in [0.1, 0.15) is 22.9 Å².